The predicted octanol–water partition coefficient (Wildman–Crippen LogP) is 4.23. The Morgan fingerprint density at radius 1 is 0.423 bits per heavy atom. The summed E-state index contributed by atoms with van der Waals surface area (Å²) in [6.45, 7) is 0. The van der Waals surface area contributed by atoms with E-state index in [0.717, 1.165) is 22.3 Å². The Hall–Kier alpha value is -3.40. The minimum absolute atomic E-state index is 0.0609. The van der Waals surface area contributed by atoms with Gasteiger partial charge in [-0.05, 0) is 46.5 Å². The number of nitrogens with zero attached hydrogens (tertiary/aromatic N) is 4. The molecule has 0 saturated carbocycles. The Balaban J connectivity index is 1.93. The molecule has 0 aliphatic carbocycles. The predicted molar refractivity (Wildman–Crippen MR) is 101 cm³/mol. The maximum absolute atomic E-state index is 4.35. The van der Waals surface area contributed by atoms with Crippen molar-refractivity contribution in [3.05, 3.63) is 120 Å². The molecule has 0 N–H and O–H groups in total. The molecule has 4 aromatic rings. The van der Waals surface area contributed by atoms with Gasteiger partial charge >= 0.3 is 0 Å². The van der Waals surface area contributed by atoms with E-state index in [0.29, 0.717) is 0 Å². The third-order valence-corrected chi connectivity index (χ3v) is 4.51. The van der Waals surface area contributed by atoms with Gasteiger partial charge in [0.15, 0.2) is 0 Å². The Morgan fingerprint density at radius 3 is 0.885 bits per heavy atom. The first kappa shape index (κ1) is 16.1. The van der Waals surface area contributed by atoms with Crippen LogP contribution >= 0.6 is 0 Å². The highest BCUT2D eigenvalue weighted by molar-refractivity contribution is 5.41. The van der Waals surface area contributed by atoms with Crippen molar-refractivity contribution in [2.75, 3.05) is 0 Å². The van der Waals surface area contributed by atoms with Gasteiger partial charge in [0.05, 0.1) is 0 Å². The lowest BCUT2D eigenvalue weighted by Gasteiger charge is -2.28. The van der Waals surface area contributed by atoms with E-state index in [-0.39, 0.29) is 11.8 Å². The molecule has 0 unspecified atom stereocenters. The molecule has 0 spiro atoms. The van der Waals surface area contributed by atoms with E-state index in [4.69, 9.17) is 0 Å². The Morgan fingerprint density at radius 2 is 0.692 bits per heavy atom. The van der Waals surface area contributed by atoms with Crippen LogP contribution in [0.15, 0.2) is 98.1 Å². The summed E-state index contributed by atoms with van der Waals surface area (Å²) in [5.41, 5.74) is 4.55. The summed E-state index contributed by atoms with van der Waals surface area (Å²) in [5.74, 6) is 0.122. The first-order chi connectivity index (χ1) is 12.9. The molecule has 126 valence electrons. The molecule has 0 bridgehead atoms. The van der Waals surface area contributed by atoms with Crippen LogP contribution in [0.25, 0.3) is 0 Å². The van der Waals surface area contributed by atoms with E-state index < -0.39 is 0 Å². The molecule has 0 saturated heterocycles. The van der Waals surface area contributed by atoms with Crippen molar-refractivity contribution in [1.82, 2.24) is 19.9 Å². The molecule has 4 heterocycles. The summed E-state index contributed by atoms with van der Waals surface area (Å²) in [6, 6.07) is 16.4. The molecule has 4 rings (SSSR count). The zero-order valence-electron chi connectivity index (χ0n) is 14.2. The van der Waals surface area contributed by atoms with Crippen molar-refractivity contribution >= 4 is 0 Å². The zero-order chi connectivity index (χ0) is 17.6. The zero-order valence-corrected chi connectivity index (χ0v) is 14.2. The lowest BCUT2D eigenvalue weighted by atomic mass is 9.75. The second-order valence-corrected chi connectivity index (χ2v) is 6.10. The number of hydrogen-bond acceptors (Lipinski definition) is 4. The van der Waals surface area contributed by atoms with Crippen molar-refractivity contribution in [3.8, 4) is 0 Å². The van der Waals surface area contributed by atoms with E-state index in [1.165, 1.54) is 0 Å². The van der Waals surface area contributed by atoms with Crippen LogP contribution in [-0.4, -0.2) is 19.9 Å². The summed E-state index contributed by atoms with van der Waals surface area (Å²) in [7, 11) is 0. The molecule has 0 radical (unpaired) electrons. The van der Waals surface area contributed by atoms with E-state index in [1.54, 1.807) is 24.8 Å². The van der Waals surface area contributed by atoms with Gasteiger partial charge in [-0.25, -0.2) is 0 Å². The quantitative estimate of drug-likeness (QED) is 0.546. The van der Waals surface area contributed by atoms with Gasteiger partial charge in [-0.15, -0.1) is 0 Å². The number of hydrogen-bond donors (Lipinski definition) is 0. The van der Waals surface area contributed by atoms with Crippen molar-refractivity contribution in [3.63, 3.8) is 0 Å². The van der Waals surface area contributed by atoms with Gasteiger partial charge in [-0.2, -0.15) is 0 Å². The lowest BCUT2D eigenvalue weighted by Crippen LogP contribution is -2.15. The number of pyridine rings is 4. The Kier molecular flexibility index (Phi) is 4.74. The molecule has 0 atom stereocenters. The summed E-state index contributed by atoms with van der Waals surface area (Å²) in [5, 5.41) is 0. The molecule has 0 aromatic carbocycles. The van der Waals surface area contributed by atoms with E-state index in [2.05, 4.69) is 44.2 Å². The summed E-state index contributed by atoms with van der Waals surface area (Å²) in [6.07, 6.45) is 14.9. The standard InChI is InChI=1S/C22H18N4/c1-5-17(13-23-9-1)21(18-6-2-10-24-14-18)22(19-7-3-11-25-15-19)20-8-4-12-26-16-20/h1-16,21-22H. The monoisotopic (exact) mass is 338 g/mol. The van der Waals surface area contributed by atoms with Gasteiger partial charge in [0.25, 0.3) is 0 Å². The van der Waals surface area contributed by atoms with E-state index in [1.807, 2.05) is 49.1 Å². The van der Waals surface area contributed by atoms with Crippen LogP contribution in [0.3, 0.4) is 0 Å². The van der Waals surface area contributed by atoms with Gasteiger partial charge < -0.3 is 0 Å². The van der Waals surface area contributed by atoms with Gasteiger partial charge in [0.2, 0.25) is 0 Å². The molecule has 4 aromatic heterocycles. The molecule has 4 heteroatoms. The molecule has 4 nitrogen and oxygen atoms in total. The summed E-state index contributed by atoms with van der Waals surface area (Å²) in [4.78, 5) is 17.4. The molecule has 0 amide bonds. The van der Waals surface area contributed by atoms with Crippen molar-refractivity contribution in [2.24, 2.45) is 0 Å². The van der Waals surface area contributed by atoms with Crippen molar-refractivity contribution in [2.45, 2.75) is 11.8 Å². The maximum Gasteiger partial charge on any atom is 0.0306 e. The lowest BCUT2D eigenvalue weighted by molar-refractivity contribution is 0.683. The highest BCUT2D eigenvalue weighted by atomic mass is 14.7. The van der Waals surface area contributed by atoms with E-state index in [9.17, 15) is 0 Å². The average Bonchev–Trinajstić information content (AvgIpc) is 2.74. The second kappa shape index (κ2) is 7.66. The van der Waals surface area contributed by atoms with Gasteiger partial charge in [-0.1, -0.05) is 24.3 Å². The average molecular weight is 338 g/mol. The first-order valence-corrected chi connectivity index (χ1v) is 8.53. The molecular weight excluding hydrogens is 320 g/mol. The molecule has 0 aliphatic rings. The highest BCUT2D eigenvalue weighted by Crippen LogP contribution is 2.41. The van der Waals surface area contributed by atoms with Crippen LogP contribution in [0.5, 0.6) is 0 Å². The van der Waals surface area contributed by atoms with Gasteiger partial charge in [0.1, 0.15) is 0 Å². The normalized spacial score (nSPS) is 11.0. The van der Waals surface area contributed by atoms with E-state index >= 15 is 0 Å². The third-order valence-electron chi connectivity index (χ3n) is 4.51. The van der Waals surface area contributed by atoms with Crippen molar-refractivity contribution < 1.29 is 0 Å². The first-order valence-electron chi connectivity index (χ1n) is 8.53. The minimum atomic E-state index is 0.0609. The third kappa shape index (κ3) is 3.35. The minimum Gasteiger partial charge on any atom is -0.264 e. The Labute approximate surface area is 152 Å². The molecular formula is C22H18N4. The van der Waals surface area contributed by atoms with Crippen LogP contribution in [-0.2, 0) is 0 Å². The summed E-state index contributed by atoms with van der Waals surface area (Å²) >= 11 is 0. The van der Waals surface area contributed by atoms with Gasteiger partial charge in [0, 0.05) is 61.4 Å². The summed E-state index contributed by atoms with van der Waals surface area (Å²) < 4.78 is 0. The fourth-order valence-electron chi connectivity index (χ4n) is 3.39. The number of aromatic nitrogens is 4. The van der Waals surface area contributed by atoms with Crippen LogP contribution < -0.4 is 0 Å². The topological polar surface area (TPSA) is 51.6 Å². The smallest absolute Gasteiger partial charge is 0.0306 e. The fraction of sp³-hybridized carbons (Fsp3) is 0.0909. The maximum atomic E-state index is 4.35. The largest absolute Gasteiger partial charge is 0.264 e. The Bertz CT molecular complexity index is 769. The SMILES string of the molecule is c1cncc(C(c2cccnc2)C(c2cccnc2)c2cccnc2)c1. The van der Waals surface area contributed by atoms with Crippen LogP contribution in [0.4, 0.5) is 0 Å². The fourth-order valence-corrected chi connectivity index (χ4v) is 3.39. The molecule has 0 fully saturated rings. The number of rotatable bonds is 5. The van der Waals surface area contributed by atoms with Crippen LogP contribution in [0.2, 0.25) is 0 Å². The second-order valence-electron chi connectivity index (χ2n) is 6.10. The molecule has 26 heavy (non-hydrogen) atoms. The van der Waals surface area contributed by atoms with Crippen LogP contribution in [0, 0.1) is 0 Å². The van der Waals surface area contributed by atoms with Crippen molar-refractivity contribution in [1.29, 1.82) is 0 Å². The molecule has 0 aliphatic heterocycles. The van der Waals surface area contributed by atoms with Crippen LogP contribution in [0.1, 0.15) is 34.1 Å². The van der Waals surface area contributed by atoms with Gasteiger partial charge in [-0.3, -0.25) is 19.9 Å². The highest BCUT2D eigenvalue weighted by Gasteiger charge is 2.28.